The van der Waals surface area contributed by atoms with Gasteiger partial charge >= 0.3 is 0 Å². The molecule has 2 aromatic rings. The molecule has 1 aliphatic rings. The molecule has 8 heteroatoms. The van der Waals surface area contributed by atoms with Gasteiger partial charge in [-0.3, -0.25) is 9.52 Å². The van der Waals surface area contributed by atoms with Crippen molar-refractivity contribution in [1.29, 1.82) is 0 Å². The van der Waals surface area contributed by atoms with Gasteiger partial charge in [-0.2, -0.15) is 0 Å². The first-order chi connectivity index (χ1) is 12.4. The van der Waals surface area contributed by atoms with Crippen LogP contribution in [0, 0.1) is 0 Å². The van der Waals surface area contributed by atoms with Crippen molar-refractivity contribution in [2.45, 2.75) is 17.7 Å². The van der Waals surface area contributed by atoms with Crippen molar-refractivity contribution in [3.63, 3.8) is 0 Å². The number of nitrogens with zero attached hydrogens (tertiary/aromatic N) is 1. The van der Waals surface area contributed by atoms with Crippen molar-refractivity contribution in [3.05, 3.63) is 53.1 Å². The summed E-state index contributed by atoms with van der Waals surface area (Å²) >= 11 is 6.22. The van der Waals surface area contributed by atoms with E-state index in [-0.39, 0.29) is 15.8 Å². The number of rotatable bonds is 5. The van der Waals surface area contributed by atoms with Crippen LogP contribution in [-0.2, 0) is 10.0 Å². The second kappa shape index (κ2) is 7.55. The molecule has 3 rings (SSSR count). The maximum absolute atomic E-state index is 12.5. The molecular weight excluding hydrogens is 376 g/mol. The summed E-state index contributed by atoms with van der Waals surface area (Å²) in [6, 6.07) is 10.6. The highest BCUT2D eigenvalue weighted by atomic mass is 35.5. The number of carbonyl (C=O) groups is 1. The summed E-state index contributed by atoms with van der Waals surface area (Å²) in [5.41, 5.74) is 0.671. The first kappa shape index (κ1) is 18.5. The number of amides is 1. The Hall–Kier alpha value is -2.25. The Kier molecular flexibility index (Phi) is 5.38. The van der Waals surface area contributed by atoms with E-state index in [4.69, 9.17) is 16.3 Å². The van der Waals surface area contributed by atoms with E-state index in [1.54, 1.807) is 23.1 Å². The number of anilines is 1. The van der Waals surface area contributed by atoms with Gasteiger partial charge in [0, 0.05) is 13.1 Å². The number of ether oxygens (including phenoxy) is 1. The molecule has 0 spiro atoms. The van der Waals surface area contributed by atoms with Crippen LogP contribution in [0.1, 0.15) is 23.2 Å². The van der Waals surface area contributed by atoms with Crippen LogP contribution in [0.2, 0.25) is 5.02 Å². The SMILES string of the molecule is COc1ccc(S(=O)(=O)Nc2ccc(C(=O)N3CCCC3)c(Cl)c2)cc1. The van der Waals surface area contributed by atoms with E-state index in [2.05, 4.69) is 4.72 Å². The van der Waals surface area contributed by atoms with Crippen LogP contribution < -0.4 is 9.46 Å². The minimum atomic E-state index is -3.76. The summed E-state index contributed by atoms with van der Waals surface area (Å²) in [7, 11) is -2.25. The van der Waals surface area contributed by atoms with E-state index in [0.29, 0.717) is 17.0 Å². The molecule has 1 heterocycles. The molecule has 0 unspecified atom stereocenters. The zero-order valence-corrected chi connectivity index (χ0v) is 15.8. The van der Waals surface area contributed by atoms with Crippen molar-refractivity contribution < 1.29 is 17.9 Å². The Bertz CT molecular complexity index is 907. The van der Waals surface area contributed by atoms with Gasteiger partial charge in [0.2, 0.25) is 0 Å². The van der Waals surface area contributed by atoms with Gasteiger partial charge in [0.25, 0.3) is 15.9 Å². The van der Waals surface area contributed by atoms with Gasteiger partial charge in [-0.15, -0.1) is 0 Å². The lowest BCUT2D eigenvalue weighted by molar-refractivity contribution is 0.0793. The number of halogens is 1. The van der Waals surface area contributed by atoms with E-state index in [0.717, 1.165) is 25.9 Å². The number of nitrogens with one attached hydrogen (secondary N) is 1. The minimum absolute atomic E-state index is 0.103. The van der Waals surface area contributed by atoms with Crippen LogP contribution in [0.5, 0.6) is 5.75 Å². The fourth-order valence-electron chi connectivity index (χ4n) is 2.81. The average Bonchev–Trinajstić information content (AvgIpc) is 3.16. The Morgan fingerprint density at radius 2 is 1.77 bits per heavy atom. The molecule has 26 heavy (non-hydrogen) atoms. The van der Waals surface area contributed by atoms with Crippen molar-refractivity contribution in [3.8, 4) is 5.75 Å². The first-order valence-corrected chi connectivity index (χ1v) is 10.0. The van der Waals surface area contributed by atoms with Gasteiger partial charge in [0.1, 0.15) is 5.75 Å². The number of hydrogen-bond donors (Lipinski definition) is 1. The average molecular weight is 395 g/mol. The molecule has 1 aliphatic heterocycles. The fraction of sp³-hybridized carbons (Fsp3) is 0.278. The quantitative estimate of drug-likeness (QED) is 0.843. The Labute approximate surface area is 157 Å². The number of hydrogen-bond acceptors (Lipinski definition) is 4. The van der Waals surface area contributed by atoms with Gasteiger partial charge in [0.15, 0.2) is 0 Å². The minimum Gasteiger partial charge on any atom is -0.497 e. The molecule has 2 aromatic carbocycles. The molecule has 1 N–H and O–H groups in total. The zero-order chi connectivity index (χ0) is 18.7. The van der Waals surface area contributed by atoms with Gasteiger partial charge in [-0.1, -0.05) is 11.6 Å². The van der Waals surface area contributed by atoms with Crippen LogP contribution >= 0.6 is 11.6 Å². The molecule has 6 nitrogen and oxygen atoms in total. The molecular formula is C18H19ClN2O4S. The maximum atomic E-state index is 12.5. The van der Waals surface area contributed by atoms with Gasteiger partial charge in [0.05, 0.1) is 28.3 Å². The second-order valence-corrected chi connectivity index (χ2v) is 8.06. The van der Waals surface area contributed by atoms with Crippen LogP contribution in [0.25, 0.3) is 0 Å². The molecule has 1 fully saturated rings. The lowest BCUT2D eigenvalue weighted by Crippen LogP contribution is -2.27. The van der Waals surface area contributed by atoms with Crippen molar-refractivity contribution in [2.75, 3.05) is 24.9 Å². The molecule has 0 aromatic heterocycles. The Morgan fingerprint density at radius 3 is 2.35 bits per heavy atom. The van der Waals surface area contributed by atoms with Crippen molar-refractivity contribution >= 4 is 33.2 Å². The van der Waals surface area contributed by atoms with E-state index in [1.807, 2.05) is 0 Å². The normalized spacial score (nSPS) is 14.3. The van der Waals surface area contributed by atoms with E-state index in [1.165, 1.54) is 31.4 Å². The summed E-state index contributed by atoms with van der Waals surface area (Å²) in [5.74, 6) is 0.439. The molecule has 0 aliphatic carbocycles. The lowest BCUT2D eigenvalue weighted by Gasteiger charge is -2.16. The molecule has 0 atom stereocenters. The third-order valence-electron chi connectivity index (χ3n) is 4.21. The van der Waals surface area contributed by atoms with Crippen LogP contribution in [0.4, 0.5) is 5.69 Å². The predicted octanol–water partition coefficient (Wildman–Crippen LogP) is 3.39. The standard InChI is InChI=1S/C18H19ClN2O4S/c1-25-14-5-7-15(8-6-14)26(23,24)20-13-4-9-16(17(19)12-13)18(22)21-10-2-3-11-21/h4-9,12,20H,2-3,10-11H2,1H3. The van der Waals surface area contributed by atoms with Gasteiger partial charge < -0.3 is 9.64 Å². The number of carbonyl (C=O) groups excluding carboxylic acids is 1. The predicted molar refractivity (Wildman–Crippen MR) is 100 cm³/mol. The van der Waals surface area contributed by atoms with E-state index in [9.17, 15) is 13.2 Å². The van der Waals surface area contributed by atoms with Gasteiger partial charge in [-0.25, -0.2) is 8.42 Å². The van der Waals surface area contributed by atoms with Crippen molar-refractivity contribution in [2.24, 2.45) is 0 Å². The summed E-state index contributed by atoms with van der Waals surface area (Å²) in [6.45, 7) is 1.45. The summed E-state index contributed by atoms with van der Waals surface area (Å²) in [6.07, 6.45) is 1.98. The highest BCUT2D eigenvalue weighted by Crippen LogP contribution is 2.26. The third kappa shape index (κ3) is 3.94. The molecule has 0 saturated carbocycles. The number of benzene rings is 2. The van der Waals surface area contributed by atoms with Crippen molar-refractivity contribution in [1.82, 2.24) is 4.90 Å². The number of likely N-dealkylation sites (tertiary alicyclic amines) is 1. The maximum Gasteiger partial charge on any atom is 0.261 e. The molecule has 1 saturated heterocycles. The Balaban J connectivity index is 1.79. The molecule has 138 valence electrons. The van der Waals surface area contributed by atoms with E-state index >= 15 is 0 Å². The topological polar surface area (TPSA) is 75.7 Å². The molecule has 0 bridgehead atoms. The van der Waals surface area contributed by atoms with Crippen LogP contribution in [0.3, 0.4) is 0 Å². The largest absolute Gasteiger partial charge is 0.497 e. The molecule has 0 radical (unpaired) electrons. The highest BCUT2D eigenvalue weighted by Gasteiger charge is 2.22. The Morgan fingerprint density at radius 1 is 1.12 bits per heavy atom. The number of methoxy groups -OCH3 is 1. The lowest BCUT2D eigenvalue weighted by atomic mass is 10.2. The van der Waals surface area contributed by atoms with Gasteiger partial charge in [-0.05, 0) is 55.3 Å². The second-order valence-electron chi connectivity index (χ2n) is 5.97. The summed E-state index contributed by atoms with van der Waals surface area (Å²) < 4.78 is 32.4. The third-order valence-corrected chi connectivity index (χ3v) is 5.92. The first-order valence-electron chi connectivity index (χ1n) is 8.16. The van der Waals surface area contributed by atoms with Crippen LogP contribution in [0.15, 0.2) is 47.4 Å². The highest BCUT2D eigenvalue weighted by molar-refractivity contribution is 7.92. The smallest absolute Gasteiger partial charge is 0.261 e. The van der Waals surface area contributed by atoms with E-state index < -0.39 is 10.0 Å². The number of sulfonamides is 1. The summed E-state index contributed by atoms with van der Waals surface area (Å²) in [5, 5.41) is 0.219. The zero-order valence-electron chi connectivity index (χ0n) is 14.2. The molecule has 1 amide bonds. The fourth-order valence-corrected chi connectivity index (χ4v) is 4.12. The monoisotopic (exact) mass is 394 g/mol. The summed E-state index contributed by atoms with van der Waals surface area (Å²) in [4.78, 5) is 14.3. The van der Waals surface area contributed by atoms with Crippen LogP contribution in [-0.4, -0.2) is 39.4 Å².